The Bertz CT molecular complexity index is 250. The zero-order valence-corrected chi connectivity index (χ0v) is 20.1. The lowest BCUT2D eigenvalue weighted by Gasteiger charge is -2.31. The predicted octanol–water partition coefficient (Wildman–Crippen LogP) is 9.27. The third-order valence-electron chi connectivity index (χ3n) is 5.85. The van der Waals surface area contributed by atoms with Gasteiger partial charge < -0.3 is 4.43 Å². The van der Waals surface area contributed by atoms with Crippen LogP contribution in [-0.4, -0.2) is 14.9 Å². The summed E-state index contributed by atoms with van der Waals surface area (Å²) in [6, 6.07) is 4.18. The van der Waals surface area contributed by atoms with Gasteiger partial charge in [0.2, 0.25) is 0 Å². The van der Waals surface area contributed by atoms with Gasteiger partial charge in [-0.25, -0.2) is 0 Å². The molecule has 1 nitrogen and oxygen atoms in total. The summed E-state index contributed by atoms with van der Waals surface area (Å²) in [6.07, 6.45) is 23.0. The molecule has 0 bridgehead atoms. The molecule has 0 aliphatic rings. The van der Waals surface area contributed by atoms with Crippen molar-refractivity contribution in [3.63, 3.8) is 0 Å². The van der Waals surface area contributed by atoms with Crippen LogP contribution in [0.4, 0.5) is 0 Å². The molecule has 158 valence electrons. The Labute approximate surface area is 168 Å². The molecule has 0 heterocycles. The van der Waals surface area contributed by atoms with E-state index in [4.69, 9.17) is 4.43 Å². The summed E-state index contributed by atoms with van der Waals surface area (Å²) < 4.78 is 6.36. The first-order chi connectivity index (χ1) is 12.7. The van der Waals surface area contributed by atoms with Gasteiger partial charge in [0.05, 0.1) is 0 Å². The Morgan fingerprint density at radius 3 is 1.15 bits per heavy atom. The van der Waals surface area contributed by atoms with Crippen LogP contribution in [-0.2, 0) is 4.43 Å². The van der Waals surface area contributed by atoms with Crippen molar-refractivity contribution in [2.45, 2.75) is 149 Å². The summed E-state index contributed by atoms with van der Waals surface area (Å²) in [5, 5.41) is 0. The highest BCUT2D eigenvalue weighted by Gasteiger charge is 2.31. The van der Waals surface area contributed by atoms with E-state index in [-0.39, 0.29) is 0 Å². The minimum absolute atomic E-state index is 0.935. The van der Waals surface area contributed by atoms with Crippen LogP contribution in [0.25, 0.3) is 0 Å². The smallest absolute Gasteiger partial charge is 0.192 e. The van der Waals surface area contributed by atoms with Crippen LogP contribution in [0.2, 0.25) is 18.1 Å². The monoisotopic (exact) mass is 384 g/mol. The molecule has 0 aromatic heterocycles. The van der Waals surface area contributed by atoms with Gasteiger partial charge in [-0.3, -0.25) is 0 Å². The number of hydrogen-bond donors (Lipinski definition) is 0. The minimum atomic E-state index is -1.40. The fourth-order valence-electron chi connectivity index (χ4n) is 4.45. The van der Waals surface area contributed by atoms with Gasteiger partial charge in [-0.1, -0.05) is 124 Å². The highest BCUT2D eigenvalue weighted by atomic mass is 28.4. The zero-order chi connectivity index (χ0) is 19.3. The maximum Gasteiger partial charge on any atom is 0.192 e. The van der Waals surface area contributed by atoms with Gasteiger partial charge >= 0.3 is 0 Å². The molecule has 0 N–H and O–H groups in total. The van der Waals surface area contributed by atoms with Crippen molar-refractivity contribution in [3.05, 3.63) is 0 Å². The van der Waals surface area contributed by atoms with Crippen LogP contribution in [0.5, 0.6) is 0 Å². The third-order valence-corrected chi connectivity index (χ3v) is 10.8. The van der Waals surface area contributed by atoms with Crippen molar-refractivity contribution < 1.29 is 4.43 Å². The second-order valence-corrected chi connectivity index (χ2v) is 12.6. The van der Waals surface area contributed by atoms with E-state index >= 15 is 0 Å². The largest absolute Gasteiger partial charge is 0.417 e. The summed E-state index contributed by atoms with van der Waals surface area (Å²) in [4.78, 5) is 0. The Balaban J connectivity index is 3.52. The second-order valence-electron chi connectivity index (χ2n) is 8.46. The molecular formula is C24H52OSi. The first-order valence-corrected chi connectivity index (χ1v) is 14.9. The first-order valence-electron chi connectivity index (χ1n) is 12.4. The van der Waals surface area contributed by atoms with Gasteiger partial charge in [-0.15, -0.1) is 0 Å². The molecule has 0 amide bonds. The molecule has 2 heteroatoms. The zero-order valence-electron chi connectivity index (χ0n) is 19.1. The van der Waals surface area contributed by atoms with Crippen molar-refractivity contribution in [2.75, 3.05) is 6.61 Å². The van der Waals surface area contributed by atoms with Crippen LogP contribution < -0.4 is 0 Å². The molecule has 0 fully saturated rings. The van der Waals surface area contributed by atoms with E-state index in [1.165, 1.54) is 121 Å². The summed E-state index contributed by atoms with van der Waals surface area (Å²) in [5.74, 6) is 0. The molecule has 0 aliphatic carbocycles. The van der Waals surface area contributed by atoms with Crippen molar-refractivity contribution >= 4 is 8.32 Å². The summed E-state index contributed by atoms with van der Waals surface area (Å²) >= 11 is 0. The lowest BCUT2D eigenvalue weighted by molar-refractivity contribution is 0.315. The standard InChI is InChI=1S/C24H52OSi/c1-5-9-10-11-12-13-14-15-16-17-18-19-20-21-24-26(22-6-2,23-7-3)25-8-4/h5-24H2,1-4H3. The Kier molecular flexibility index (Phi) is 20.1. The molecule has 0 aromatic carbocycles. The van der Waals surface area contributed by atoms with Crippen molar-refractivity contribution in [1.29, 1.82) is 0 Å². The quantitative estimate of drug-likeness (QED) is 0.141. The van der Waals surface area contributed by atoms with Gasteiger partial charge in [0.25, 0.3) is 0 Å². The predicted molar refractivity (Wildman–Crippen MR) is 123 cm³/mol. The topological polar surface area (TPSA) is 9.23 Å². The molecule has 0 aromatic rings. The molecule has 0 atom stereocenters. The Hall–Kier alpha value is 0.177. The number of rotatable bonds is 21. The van der Waals surface area contributed by atoms with E-state index in [2.05, 4.69) is 27.7 Å². The molecule has 0 rings (SSSR count). The fourth-order valence-corrected chi connectivity index (χ4v) is 8.96. The molecule has 0 unspecified atom stereocenters. The maximum atomic E-state index is 6.36. The van der Waals surface area contributed by atoms with E-state index < -0.39 is 8.32 Å². The van der Waals surface area contributed by atoms with E-state index in [1.54, 1.807) is 0 Å². The molecule has 0 saturated carbocycles. The molecule has 0 aliphatic heterocycles. The normalized spacial score (nSPS) is 12.0. The van der Waals surface area contributed by atoms with E-state index in [0.717, 1.165) is 6.61 Å². The Morgan fingerprint density at radius 2 is 0.808 bits per heavy atom. The van der Waals surface area contributed by atoms with Crippen LogP contribution in [0.1, 0.15) is 130 Å². The fraction of sp³-hybridized carbons (Fsp3) is 1.00. The van der Waals surface area contributed by atoms with E-state index in [1.807, 2.05) is 0 Å². The maximum absolute atomic E-state index is 6.36. The van der Waals surface area contributed by atoms with Crippen LogP contribution >= 0.6 is 0 Å². The molecule has 26 heavy (non-hydrogen) atoms. The molecule has 0 saturated heterocycles. The second kappa shape index (κ2) is 19.9. The average molecular weight is 385 g/mol. The first kappa shape index (κ1) is 26.2. The Morgan fingerprint density at radius 1 is 0.423 bits per heavy atom. The van der Waals surface area contributed by atoms with Crippen molar-refractivity contribution in [2.24, 2.45) is 0 Å². The third kappa shape index (κ3) is 15.3. The van der Waals surface area contributed by atoms with Crippen LogP contribution in [0, 0.1) is 0 Å². The van der Waals surface area contributed by atoms with Gasteiger partial charge in [-0.2, -0.15) is 0 Å². The van der Waals surface area contributed by atoms with Crippen LogP contribution in [0.15, 0.2) is 0 Å². The SMILES string of the molecule is CCCCCCCCCCCCCCCC[Si](CCC)(CCC)OCC. The highest BCUT2D eigenvalue weighted by molar-refractivity contribution is 6.73. The van der Waals surface area contributed by atoms with Gasteiger partial charge in [0.15, 0.2) is 8.32 Å². The highest BCUT2D eigenvalue weighted by Crippen LogP contribution is 2.28. The van der Waals surface area contributed by atoms with Gasteiger partial charge in [-0.05, 0) is 25.1 Å². The average Bonchev–Trinajstić information content (AvgIpc) is 2.63. The van der Waals surface area contributed by atoms with Gasteiger partial charge in [0, 0.05) is 6.61 Å². The lowest BCUT2D eigenvalue weighted by atomic mass is 10.0. The molecular weight excluding hydrogens is 332 g/mol. The summed E-state index contributed by atoms with van der Waals surface area (Å²) in [6.45, 7) is 10.1. The van der Waals surface area contributed by atoms with Crippen LogP contribution in [0.3, 0.4) is 0 Å². The number of unbranched alkanes of at least 4 members (excludes halogenated alkanes) is 13. The van der Waals surface area contributed by atoms with Gasteiger partial charge in [0.1, 0.15) is 0 Å². The summed E-state index contributed by atoms with van der Waals surface area (Å²) in [5.41, 5.74) is 0. The molecule has 0 spiro atoms. The lowest BCUT2D eigenvalue weighted by Crippen LogP contribution is -2.37. The van der Waals surface area contributed by atoms with Crippen molar-refractivity contribution in [1.82, 2.24) is 0 Å². The molecule has 0 radical (unpaired) electrons. The summed E-state index contributed by atoms with van der Waals surface area (Å²) in [7, 11) is -1.40. The number of hydrogen-bond acceptors (Lipinski definition) is 1. The minimum Gasteiger partial charge on any atom is -0.417 e. The van der Waals surface area contributed by atoms with Crippen molar-refractivity contribution in [3.8, 4) is 0 Å². The van der Waals surface area contributed by atoms with E-state index in [9.17, 15) is 0 Å². The van der Waals surface area contributed by atoms with E-state index in [0.29, 0.717) is 0 Å².